The second-order valence-electron chi connectivity index (χ2n) is 3.30. The molecular formula is C13H10FIO. The van der Waals surface area contributed by atoms with Crippen molar-refractivity contribution in [2.45, 2.75) is 0 Å². The van der Waals surface area contributed by atoms with Crippen LogP contribution in [0, 0.1) is 9.39 Å². The van der Waals surface area contributed by atoms with Crippen LogP contribution < -0.4 is 4.74 Å². The first kappa shape index (κ1) is 11.4. The fraction of sp³-hybridized carbons (Fsp3) is 0.0769. The van der Waals surface area contributed by atoms with Gasteiger partial charge in [0.1, 0.15) is 0 Å². The lowest BCUT2D eigenvalue weighted by Gasteiger charge is -2.08. The first-order valence-electron chi connectivity index (χ1n) is 4.81. The second-order valence-corrected chi connectivity index (χ2v) is 4.46. The zero-order chi connectivity index (χ0) is 11.5. The summed E-state index contributed by atoms with van der Waals surface area (Å²) in [6.07, 6.45) is 0. The lowest BCUT2D eigenvalue weighted by Crippen LogP contribution is -1.92. The average Bonchev–Trinajstić information content (AvgIpc) is 2.31. The van der Waals surface area contributed by atoms with Gasteiger partial charge in [-0.05, 0) is 40.3 Å². The van der Waals surface area contributed by atoms with Gasteiger partial charge in [0, 0.05) is 9.13 Å². The summed E-state index contributed by atoms with van der Waals surface area (Å²) >= 11 is 2.20. The third-order valence-electron chi connectivity index (χ3n) is 2.35. The summed E-state index contributed by atoms with van der Waals surface area (Å²) < 4.78 is 20.0. The number of ether oxygens (including phenoxy) is 1. The molecule has 2 rings (SSSR count). The Morgan fingerprint density at radius 1 is 1.00 bits per heavy atom. The number of hydrogen-bond donors (Lipinski definition) is 0. The molecule has 3 heteroatoms. The van der Waals surface area contributed by atoms with E-state index in [0.717, 1.165) is 9.13 Å². The van der Waals surface area contributed by atoms with Crippen LogP contribution in [0.1, 0.15) is 0 Å². The van der Waals surface area contributed by atoms with E-state index in [4.69, 9.17) is 4.74 Å². The number of hydrogen-bond acceptors (Lipinski definition) is 1. The predicted octanol–water partition coefficient (Wildman–Crippen LogP) is 4.11. The summed E-state index contributed by atoms with van der Waals surface area (Å²) in [4.78, 5) is 0. The van der Waals surface area contributed by atoms with Gasteiger partial charge in [-0.3, -0.25) is 0 Å². The first-order valence-corrected chi connectivity index (χ1v) is 5.89. The van der Waals surface area contributed by atoms with Gasteiger partial charge < -0.3 is 4.74 Å². The van der Waals surface area contributed by atoms with Crippen molar-refractivity contribution in [2.75, 3.05) is 7.11 Å². The van der Waals surface area contributed by atoms with E-state index >= 15 is 0 Å². The summed E-state index contributed by atoms with van der Waals surface area (Å²) in [7, 11) is 1.47. The van der Waals surface area contributed by atoms with Gasteiger partial charge in [-0.15, -0.1) is 0 Å². The predicted molar refractivity (Wildman–Crippen MR) is 71.1 cm³/mol. The third-order valence-corrected chi connectivity index (χ3v) is 3.29. The highest BCUT2D eigenvalue weighted by molar-refractivity contribution is 14.1. The van der Waals surface area contributed by atoms with Crippen molar-refractivity contribution in [1.82, 2.24) is 0 Å². The van der Waals surface area contributed by atoms with Gasteiger partial charge in [-0.2, -0.15) is 0 Å². The van der Waals surface area contributed by atoms with E-state index in [1.54, 1.807) is 18.2 Å². The monoisotopic (exact) mass is 328 g/mol. The van der Waals surface area contributed by atoms with Crippen LogP contribution in [0.5, 0.6) is 5.75 Å². The molecule has 0 saturated carbocycles. The third kappa shape index (κ3) is 2.04. The minimum atomic E-state index is -0.311. The van der Waals surface area contributed by atoms with Crippen LogP contribution in [0.3, 0.4) is 0 Å². The quantitative estimate of drug-likeness (QED) is 0.754. The van der Waals surface area contributed by atoms with Crippen molar-refractivity contribution >= 4 is 22.6 Å². The number of rotatable bonds is 2. The minimum absolute atomic E-state index is 0.275. The molecular weight excluding hydrogens is 318 g/mol. The van der Waals surface area contributed by atoms with E-state index in [-0.39, 0.29) is 11.6 Å². The van der Waals surface area contributed by atoms with E-state index < -0.39 is 0 Å². The molecule has 0 aliphatic carbocycles. The summed E-state index contributed by atoms with van der Waals surface area (Å²) in [6, 6.07) is 12.9. The van der Waals surface area contributed by atoms with E-state index in [0.29, 0.717) is 5.56 Å². The molecule has 0 atom stereocenters. The van der Waals surface area contributed by atoms with Crippen LogP contribution in [0.15, 0.2) is 42.5 Å². The molecule has 0 amide bonds. The van der Waals surface area contributed by atoms with Crippen LogP contribution in [0.2, 0.25) is 0 Å². The van der Waals surface area contributed by atoms with Crippen LogP contribution in [-0.4, -0.2) is 7.11 Å². The molecule has 82 valence electrons. The smallest absolute Gasteiger partial charge is 0.172 e. The van der Waals surface area contributed by atoms with Crippen molar-refractivity contribution in [3.63, 3.8) is 0 Å². The van der Waals surface area contributed by atoms with Gasteiger partial charge in [0.2, 0.25) is 0 Å². The van der Waals surface area contributed by atoms with Gasteiger partial charge >= 0.3 is 0 Å². The molecule has 2 aromatic carbocycles. The molecule has 0 aliphatic heterocycles. The lowest BCUT2D eigenvalue weighted by atomic mass is 10.1. The first-order chi connectivity index (χ1) is 7.74. The molecule has 0 unspecified atom stereocenters. The Morgan fingerprint density at radius 3 is 2.38 bits per heavy atom. The maximum atomic E-state index is 14.0. The topological polar surface area (TPSA) is 9.23 Å². The average molecular weight is 328 g/mol. The number of benzene rings is 2. The van der Waals surface area contributed by atoms with Crippen molar-refractivity contribution in [2.24, 2.45) is 0 Å². The van der Waals surface area contributed by atoms with Crippen LogP contribution in [0.25, 0.3) is 11.1 Å². The van der Waals surface area contributed by atoms with Gasteiger partial charge in [-0.1, -0.05) is 30.3 Å². The highest BCUT2D eigenvalue weighted by Gasteiger charge is 2.11. The molecule has 16 heavy (non-hydrogen) atoms. The van der Waals surface area contributed by atoms with E-state index in [2.05, 4.69) is 22.6 Å². The zero-order valence-electron chi connectivity index (χ0n) is 8.71. The highest BCUT2D eigenvalue weighted by atomic mass is 127. The SMILES string of the molecule is COc1cccc(-c2ccccc2I)c1F. The number of halogens is 2. The molecule has 0 spiro atoms. The zero-order valence-corrected chi connectivity index (χ0v) is 10.9. The fourth-order valence-electron chi connectivity index (χ4n) is 1.56. The summed E-state index contributed by atoms with van der Waals surface area (Å²) in [5.74, 6) is -0.0359. The van der Waals surface area contributed by atoms with Crippen LogP contribution >= 0.6 is 22.6 Å². The highest BCUT2D eigenvalue weighted by Crippen LogP contribution is 2.31. The van der Waals surface area contributed by atoms with E-state index in [1.807, 2.05) is 24.3 Å². The van der Waals surface area contributed by atoms with Gasteiger partial charge in [-0.25, -0.2) is 4.39 Å². The van der Waals surface area contributed by atoms with E-state index in [9.17, 15) is 4.39 Å². The largest absolute Gasteiger partial charge is 0.494 e. The molecule has 0 radical (unpaired) electrons. The molecule has 0 N–H and O–H groups in total. The standard InChI is InChI=1S/C13H10FIO/c1-16-12-8-4-6-10(13(12)14)9-5-2-3-7-11(9)15/h2-8H,1H3. The summed E-state index contributed by atoms with van der Waals surface area (Å²) in [6.45, 7) is 0. The van der Waals surface area contributed by atoms with Crippen molar-refractivity contribution in [3.8, 4) is 16.9 Å². The molecule has 2 aromatic rings. The Balaban J connectivity index is 2.61. The molecule has 0 bridgehead atoms. The number of methoxy groups -OCH3 is 1. The molecule has 1 nitrogen and oxygen atoms in total. The Labute approximate surface area is 107 Å². The van der Waals surface area contributed by atoms with Crippen molar-refractivity contribution in [1.29, 1.82) is 0 Å². The fourth-order valence-corrected chi connectivity index (χ4v) is 2.23. The van der Waals surface area contributed by atoms with Gasteiger partial charge in [0.15, 0.2) is 11.6 Å². The maximum Gasteiger partial charge on any atom is 0.172 e. The molecule has 0 saturated heterocycles. The Kier molecular flexibility index (Phi) is 3.43. The molecule has 0 heterocycles. The van der Waals surface area contributed by atoms with Crippen LogP contribution in [-0.2, 0) is 0 Å². The van der Waals surface area contributed by atoms with E-state index in [1.165, 1.54) is 7.11 Å². The summed E-state index contributed by atoms with van der Waals surface area (Å²) in [5, 5.41) is 0. The molecule has 0 fully saturated rings. The van der Waals surface area contributed by atoms with Crippen molar-refractivity contribution in [3.05, 3.63) is 51.9 Å². The normalized spacial score (nSPS) is 10.2. The van der Waals surface area contributed by atoms with Crippen LogP contribution in [0.4, 0.5) is 4.39 Å². The summed E-state index contributed by atoms with van der Waals surface area (Å²) in [5.41, 5.74) is 1.46. The minimum Gasteiger partial charge on any atom is -0.494 e. The van der Waals surface area contributed by atoms with Gasteiger partial charge in [0.05, 0.1) is 7.11 Å². The Hall–Kier alpha value is -1.10. The lowest BCUT2D eigenvalue weighted by molar-refractivity contribution is 0.387. The Bertz CT molecular complexity index is 511. The second kappa shape index (κ2) is 4.82. The molecule has 0 aromatic heterocycles. The molecule has 0 aliphatic rings. The van der Waals surface area contributed by atoms with Crippen molar-refractivity contribution < 1.29 is 9.13 Å². The Morgan fingerprint density at radius 2 is 1.69 bits per heavy atom. The van der Waals surface area contributed by atoms with Gasteiger partial charge in [0.25, 0.3) is 0 Å². The maximum absolute atomic E-state index is 14.0.